The number of sulfonamides is 1. The van der Waals surface area contributed by atoms with Gasteiger partial charge in [0.05, 0.1) is 34.9 Å². The number of morpholine rings is 1. The summed E-state index contributed by atoms with van der Waals surface area (Å²) in [6, 6.07) is 12.1. The molecule has 5 rings (SSSR count). The van der Waals surface area contributed by atoms with Gasteiger partial charge in [-0.1, -0.05) is 17.4 Å². The van der Waals surface area contributed by atoms with Crippen LogP contribution in [0.15, 0.2) is 47.4 Å². The fraction of sp³-hybridized carbons (Fsp3) is 0.483. The summed E-state index contributed by atoms with van der Waals surface area (Å²) in [5.74, 6) is -0.222. The van der Waals surface area contributed by atoms with E-state index in [9.17, 15) is 18.0 Å². The maximum absolute atomic E-state index is 13.8. The lowest BCUT2D eigenvalue weighted by molar-refractivity contribution is 0.0376. The summed E-state index contributed by atoms with van der Waals surface area (Å²) >= 11 is 1.48. The number of thiazole rings is 1. The average molecular weight is 652 g/mol. The summed E-state index contributed by atoms with van der Waals surface area (Å²) in [7, 11) is -3.78. The van der Waals surface area contributed by atoms with E-state index in [2.05, 4.69) is 11.0 Å². The zero-order valence-electron chi connectivity index (χ0n) is 24.4. The Hall–Kier alpha value is -2.81. The molecule has 3 aromatic rings. The molecule has 11 nitrogen and oxygen atoms in total. The van der Waals surface area contributed by atoms with Crippen molar-refractivity contribution in [2.45, 2.75) is 25.2 Å². The van der Waals surface area contributed by atoms with Gasteiger partial charge in [-0.05, 0) is 62.2 Å². The minimum absolute atomic E-state index is 0. The molecule has 0 saturated carbocycles. The van der Waals surface area contributed by atoms with Crippen LogP contribution in [0.1, 0.15) is 29.3 Å². The third-order valence-corrected chi connectivity index (χ3v) is 10.4. The fourth-order valence-corrected chi connectivity index (χ4v) is 7.61. The van der Waals surface area contributed by atoms with Crippen molar-refractivity contribution in [2.24, 2.45) is 0 Å². The minimum atomic E-state index is -3.78. The van der Waals surface area contributed by atoms with E-state index >= 15 is 0 Å². The SMILES string of the molecule is CCOC(=O)N1CCN(S(=O)(=O)c2ccc(C(=O)N(CCCN3CCOCC3)c3nc4ccc(C)cc4s3)cc2)CC1.Cl. The molecule has 234 valence electrons. The van der Waals surface area contributed by atoms with E-state index in [4.69, 9.17) is 14.5 Å². The Morgan fingerprint density at radius 3 is 2.40 bits per heavy atom. The first kappa shape index (κ1) is 33.1. The highest BCUT2D eigenvalue weighted by atomic mass is 35.5. The summed E-state index contributed by atoms with van der Waals surface area (Å²) in [6.07, 6.45) is 0.334. The summed E-state index contributed by atoms with van der Waals surface area (Å²) in [5, 5.41) is 0.624. The number of piperazine rings is 1. The highest BCUT2D eigenvalue weighted by Gasteiger charge is 2.31. The highest BCUT2D eigenvalue weighted by molar-refractivity contribution is 7.89. The van der Waals surface area contributed by atoms with Crippen LogP contribution < -0.4 is 4.90 Å². The molecule has 2 aromatic carbocycles. The van der Waals surface area contributed by atoms with E-state index < -0.39 is 16.1 Å². The van der Waals surface area contributed by atoms with E-state index in [0.29, 0.717) is 17.2 Å². The maximum atomic E-state index is 13.8. The van der Waals surface area contributed by atoms with E-state index in [1.54, 1.807) is 24.0 Å². The Balaban J connectivity index is 0.00000423. The molecule has 43 heavy (non-hydrogen) atoms. The third-order valence-electron chi connectivity index (χ3n) is 7.47. The van der Waals surface area contributed by atoms with Gasteiger partial charge in [0.1, 0.15) is 0 Å². The van der Waals surface area contributed by atoms with Crippen LogP contribution in [0.3, 0.4) is 0 Å². The second kappa shape index (κ2) is 14.8. The van der Waals surface area contributed by atoms with Crippen molar-refractivity contribution in [3.8, 4) is 0 Å². The molecule has 0 radical (unpaired) electrons. The number of hydrogen-bond donors (Lipinski definition) is 0. The van der Waals surface area contributed by atoms with Crippen molar-refractivity contribution in [3.05, 3.63) is 53.6 Å². The average Bonchev–Trinajstić information content (AvgIpc) is 3.42. The van der Waals surface area contributed by atoms with Crippen LogP contribution in [0.4, 0.5) is 9.93 Å². The summed E-state index contributed by atoms with van der Waals surface area (Å²) in [5.41, 5.74) is 2.36. The zero-order chi connectivity index (χ0) is 29.7. The van der Waals surface area contributed by atoms with Crippen LogP contribution in [0, 0.1) is 6.92 Å². The van der Waals surface area contributed by atoms with Gasteiger partial charge in [0, 0.05) is 57.9 Å². The number of halogens is 1. The summed E-state index contributed by atoms with van der Waals surface area (Å²) in [6.45, 7) is 9.43. The molecule has 0 atom stereocenters. The number of carbonyl (C=O) groups is 2. The molecule has 2 aliphatic heterocycles. The van der Waals surface area contributed by atoms with Crippen molar-refractivity contribution >= 4 is 61.1 Å². The Bertz CT molecular complexity index is 1500. The predicted molar refractivity (Wildman–Crippen MR) is 169 cm³/mol. The maximum Gasteiger partial charge on any atom is 0.409 e. The van der Waals surface area contributed by atoms with Gasteiger partial charge in [0.25, 0.3) is 5.91 Å². The number of aromatic nitrogens is 1. The van der Waals surface area contributed by atoms with E-state index in [1.165, 1.54) is 32.7 Å². The lowest BCUT2D eigenvalue weighted by Crippen LogP contribution is -2.50. The molecule has 0 spiro atoms. The second-order valence-corrected chi connectivity index (χ2v) is 13.3. The Kier molecular flexibility index (Phi) is 11.4. The Labute approximate surface area is 262 Å². The van der Waals surface area contributed by atoms with Gasteiger partial charge in [-0.15, -0.1) is 12.4 Å². The van der Waals surface area contributed by atoms with E-state index in [0.717, 1.165) is 55.0 Å². The predicted octanol–water partition coefficient (Wildman–Crippen LogP) is 3.86. The van der Waals surface area contributed by atoms with Gasteiger partial charge in [0.15, 0.2) is 5.13 Å². The largest absolute Gasteiger partial charge is 0.450 e. The van der Waals surface area contributed by atoms with Crippen LogP contribution >= 0.6 is 23.7 Å². The van der Waals surface area contributed by atoms with Gasteiger partial charge in [-0.3, -0.25) is 14.6 Å². The van der Waals surface area contributed by atoms with Gasteiger partial charge < -0.3 is 14.4 Å². The van der Waals surface area contributed by atoms with Crippen molar-refractivity contribution in [1.82, 2.24) is 19.1 Å². The van der Waals surface area contributed by atoms with Gasteiger partial charge in [0.2, 0.25) is 10.0 Å². The molecule has 2 aliphatic rings. The van der Waals surface area contributed by atoms with Crippen LogP contribution in [0.25, 0.3) is 10.2 Å². The number of ether oxygens (including phenoxy) is 2. The number of nitrogens with zero attached hydrogens (tertiary/aromatic N) is 5. The van der Waals surface area contributed by atoms with Gasteiger partial charge in [-0.2, -0.15) is 4.31 Å². The number of fused-ring (bicyclic) bond motifs is 1. The molecule has 14 heteroatoms. The lowest BCUT2D eigenvalue weighted by Gasteiger charge is -2.33. The molecule has 0 N–H and O–H groups in total. The molecule has 3 heterocycles. The normalized spacial score (nSPS) is 16.6. The topological polar surface area (TPSA) is 113 Å². The zero-order valence-corrected chi connectivity index (χ0v) is 26.9. The van der Waals surface area contributed by atoms with Crippen LogP contribution in [0.2, 0.25) is 0 Å². The monoisotopic (exact) mass is 651 g/mol. The van der Waals surface area contributed by atoms with Crippen LogP contribution in [0.5, 0.6) is 0 Å². The van der Waals surface area contributed by atoms with Crippen molar-refractivity contribution in [2.75, 3.05) is 77.1 Å². The van der Waals surface area contributed by atoms with Crippen molar-refractivity contribution in [3.63, 3.8) is 0 Å². The summed E-state index contributed by atoms with van der Waals surface area (Å²) in [4.78, 5) is 36.2. The van der Waals surface area contributed by atoms with Crippen molar-refractivity contribution in [1.29, 1.82) is 0 Å². The molecule has 2 amide bonds. The van der Waals surface area contributed by atoms with Gasteiger partial charge >= 0.3 is 6.09 Å². The molecule has 2 saturated heterocycles. The molecular formula is C29H38ClN5O6S2. The second-order valence-electron chi connectivity index (χ2n) is 10.3. The molecule has 2 fully saturated rings. The minimum Gasteiger partial charge on any atom is -0.450 e. The molecule has 0 bridgehead atoms. The first-order valence-corrected chi connectivity index (χ1v) is 16.5. The Morgan fingerprint density at radius 2 is 1.72 bits per heavy atom. The molecule has 0 aliphatic carbocycles. The fourth-order valence-electron chi connectivity index (χ4n) is 5.10. The molecule has 1 aromatic heterocycles. The quantitative estimate of drug-likeness (QED) is 0.343. The lowest BCUT2D eigenvalue weighted by atomic mass is 10.2. The first-order chi connectivity index (χ1) is 20.3. The summed E-state index contributed by atoms with van der Waals surface area (Å²) < 4.78 is 39.5. The number of hydrogen-bond acceptors (Lipinski definition) is 9. The smallest absolute Gasteiger partial charge is 0.409 e. The third kappa shape index (κ3) is 7.83. The first-order valence-electron chi connectivity index (χ1n) is 14.3. The number of rotatable bonds is 9. The molecular weight excluding hydrogens is 614 g/mol. The Morgan fingerprint density at radius 1 is 1.02 bits per heavy atom. The van der Waals surface area contributed by atoms with Crippen LogP contribution in [-0.4, -0.2) is 112 Å². The number of benzene rings is 2. The highest BCUT2D eigenvalue weighted by Crippen LogP contribution is 2.31. The van der Waals surface area contributed by atoms with E-state index in [1.807, 2.05) is 19.1 Å². The standard InChI is InChI=1S/C29H37N5O6S2.ClH/c1-3-40-29(36)32-13-15-33(16-14-32)42(37,38)24-8-6-23(7-9-24)27(35)34(12-4-11-31-17-19-39-20-18-31)28-30-25-10-5-22(2)21-26(25)41-28;/h5-10,21H,3-4,11-20H2,1-2H3;1H. The van der Waals surface area contributed by atoms with Crippen molar-refractivity contribution < 1.29 is 27.5 Å². The van der Waals surface area contributed by atoms with Crippen LogP contribution in [-0.2, 0) is 19.5 Å². The number of amides is 2. The number of carbonyl (C=O) groups excluding carboxylic acids is 2. The van der Waals surface area contributed by atoms with E-state index in [-0.39, 0.29) is 56.0 Å². The van der Waals surface area contributed by atoms with Gasteiger partial charge in [-0.25, -0.2) is 18.2 Å². The molecule has 0 unspecified atom stereocenters. The number of anilines is 1. The number of aryl methyl sites for hydroxylation is 1.